The maximum Gasteiger partial charge on any atom is 0.262 e. The fraction of sp³-hybridized carbons (Fsp3) is 0.273. The van der Waals surface area contributed by atoms with E-state index in [4.69, 9.17) is 4.42 Å². The van der Waals surface area contributed by atoms with Crippen LogP contribution >= 0.6 is 11.8 Å². The Morgan fingerprint density at radius 1 is 1.39 bits per heavy atom. The summed E-state index contributed by atoms with van der Waals surface area (Å²) in [6.07, 6.45) is 3.64. The molecule has 0 saturated heterocycles. The van der Waals surface area contributed by atoms with Crippen LogP contribution in [0, 0.1) is 11.6 Å². The second kappa shape index (κ2) is 5.81. The van der Waals surface area contributed by atoms with E-state index in [1.807, 2.05) is 6.92 Å². The topological polar surface area (TPSA) is 51.0 Å². The van der Waals surface area contributed by atoms with Crippen LogP contribution in [-0.4, -0.2) is 16.5 Å². The third kappa shape index (κ3) is 2.98. The molecule has 1 N–H and O–H groups in total. The molecule has 2 heterocycles. The predicted molar refractivity (Wildman–Crippen MR) is 63.6 cm³/mol. The van der Waals surface area contributed by atoms with E-state index < -0.39 is 11.6 Å². The molecule has 0 saturated carbocycles. The molecule has 2 rings (SSSR count). The van der Waals surface area contributed by atoms with Crippen LogP contribution in [0.4, 0.5) is 14.6 Å². The molecule has 0 atom stereocenters. The van der Waals surface area contributed by atoms with Crippen LogP contribution < -0.4 is 5.32 Å². The van der Waals surface area contributed by atoms with Gasteiger partial charge in [-0.3, -0.25) is 0 Å². The Kier molecular flexibility index (Phi) is 4.14. The highest BCUT2D eigenvalue weighted by atomic mass is 32.2. The number of hydrogen-bond donors (Lipinski definition) is 1. The first-order chi connectivity index (χ1) is 8.70. The van der Waals surface area contributed by atoms with Gasteiger partial charge in [0.25, 0.3) is 5.22 Å². The summed E-state index contributed by atoms with van der Waals surface area (Å²) in [6.45, 7) is 2.51. The Labute approximate surface area is 107 Å². The molecule has 0 fully saturated rings. The number of oxazole rings is 1. The quantitative estimate of drug-likeness (QED) is 0.904. The van der Waals surface area contributed by atoms with Crippen LogP contribution in [-0.2, 0) is 0 Å². The second-order valence-corrected chi connectivity index (χ2v) is 4.37. The van der Waals surface area contributed by atoms with Gasteiger partial charge in [0.15, 0.2) is 17.5 Å². The van der Waals surface area contributed by atoms with Gasteiger partial charge in [0.05, 0.1) is 6.20 Å². The van der Waals surface area contributed by atoms with Gasteiger partial charge in [-0.05, 0) is 18.2 Å². The number of rotatable bonds is 5. The highest BCUT2D eigenvalue weighted by Gasteiger charge is 2.14. The Bertz CT molecular complexity index is 519. The molecule has 0 aromatic carbocycles. The Morgan fingerprint density at radius 2 is 2.22 bits per heavy atom. The first-order valence-corrected chi connectivity index (χ1v) is 6.19. The molecule has 0 spiro atoms. The molecule has 0 unspecified atom stereocenters. The second-order valence-electron chi connectivity index (χ2n) is 3.43. The number of halogens is 2. The fourth-order valence-electron chi connectivity index (χ4n) is 1.23. The standard InChI is InChI=1S/C11H11F2N3OS/c1-2-3-14-9-7(12)6-8(13)10(16-9)18-11-15-4-5-17-11/h4-6H,2-3H2,1H3,(H,14,16). The zero-order valence-corrected chi connectivity index (χ0v) is 10.4. The summed E-state index contributed by atoms with van der Waals surface area (Å²) in [6, 6.07) is 0.802. The van der Waals surface area contributed by atoms with E-state index >= 15 is 0 Å². The maximum absolute atomic E-state index is 13.5. The molecule has 2 aromatic rings. The molecular weight excluding hydrogens is 260 g/mol. The van der Waals surface area contributed by atoms with Crippen molar-refractivity contribution in [2.24, 2.45) is 0 Å². The molecule has 4 nitrogen and oxygen atoms in total. The Morgan fingerprint density at radius 3 is 2.89 bits per heavy atom. The minimum Gasteiger partial charge on any atom is -0.440 e. The van der Waals surface area contributed by atoms with Gasteiger partial charge < -0.3 is 9.73 Å². The zero-order valence-electron chi connectivity index (χ0n) is 9.61. The van der Waals surface area contributed by atoms with E-state index in [2.05, 4.69) is 15.3 Å². The third-order valence-electron chi connectivity index (χ3n) is 2.03. The number of anilines is 1. The summed E-state index contributed by atoms with van der Waals surface area (Å²) in [5, 5.41) is 3.08. The zero-order chi connectivity index (χ0) is 13.0. The first kappa shape index (κ1) is 12.8. The number of nitrogens with zero attached hydrogens (tertiary/aromatic N) is 2. The normalized spacial score (nSPS) is 10.6. The van der Waals surface area contributed by atoms with Crippen molar-refractivity contribution in [3.8, 4) is 0 Å². The van der Waals surface area contributed by atoms with E-state index in [-0.39, 0.29) is 16.1 Å². The lowest BCUT2D eigenvalue weighted by Gasteiger charge is -2.07. The van der Waals surface area contributed by atoms with Gasteiger partial charge in [0.1, 0.15) is 11.3 Å². The minimum atomic E-state index is -0.738. The van der Waals surface area contributed by atoms with E-state index in [1.54, 1.807) is 0 Å². The summed E-state index contributed by atoms with van der Waals surface area (Å²) < 4.78 is 31.9. The summed E-state index contributed by atoms with van der Waals surface area (Å²) in [7, 11) is 0. The van der Waals surface area contributed by atoms with Crippen molar-refractivity contribution in [2.45, 2.75) is 23.6 Å². The molecule has 0 aliphatic heterocycles. The highest BCUT2D eigenvalue weighted by Crippen LogP contribution is 2.29. The lowest BCUT2D eigenvalue weighted by atomic mass is 10.4. The van der Waals surface area contributed by atoms with Crippen LogP contribution in [0.15, 0.2) is 33.2 Å². The number of nitrogens with one attached hydrogen (secondary N) is 1. The van der Waals surface area contributed by atoms with E-state index in [0.29, 0.717) is 6.54 Å². The molecule has 96 valence electrons. The van der Waals surface area contributed by atoms with Gasteiger partial charge >= 0.3 is 0 Å². The van der Waals surface area contributed by atoms with Crippen molar-refractivity contribution in [2.75, 3.05) is 11.9 Å². The molecule has 0 amide bonds. The van der Waals surface area contributed by atoms with Gasteiger partial charge in [-0.25, -0.2) is 18.7 Å². The monoisotopic (exact) mass is 271 g/mol. The van der Waals surface area contributed by atoms with Crippen LogP contribution in [0.5, 0.6) is 0 Å². The van der Waals surface area contributed by atoms with Crippen LogP contribution in [0.3, 0.4) is 0 Å². The molecule has 7 heteroatoms. The molecule has 0 aliphatic carbocycles. The van der Waals surface area contributed by atoms with Crippen LogP contribution in [0.2, 0.25) is 0 Å². The summed E-state index contributed by atoms with van der Waals surface area (Å²) in [5.41, 5.74) is 0. The number of hydrogen-bond acceptors (Lipinski definition) is 5. The van der Waals surface area contributed by atoms with Crippen molar-refractivity contribution >= 4 is 17.6 Å². The van der Waals surface area contributed by atoms with Gasteiger partial charge in [-0.2, -0.15) is 0 Å². The smallest absolute Gasteiger partial charge is 0.262 e. The molecule has 18 heavy (non-hydrogen) atoms. The van der Waals surface area contributed by atoms with Crippen LogP contribution in [0.1, 0.15) is 13.3 Å². The maximum atomic E-state index is 13.5. The Hall–Kier alpha value is -1.63. The number of pyridine rings is 1. The van der Waals surface area contributed by atoms with Crippen LogP contribution in [0.25, 0.3) is 0 Å². The van der Waals surface area contributed by atoms with Gasteiger partial charge in [-0.15, -0.1) is 0 Å². The fourth-order valence-corrected chi connectivity index (χ4v) is 1.91. The number of aromatic nitrogens is 2. The van der Waals surface area contributed by atoms with Gasteiger partial charge in [0, 0.05) is 12.6 Å². The molecule has 0 aliphatic rings. The van der Waals surface area contributed by atoms with E-state index in [0.717, 1.165) is 24.2 Å². The average Bonchev–Trinajstić information content (AvgIpc) is 2.84. The van der Waals surface area contributed by atoms with Crippen molar-refractivity contribution in [3.05, 3.63) is 30.2 Å². The SMILES string of the molecule is CCCNc1nc(Sc2ncco2)c(F)cc1F. The average molecular weight is 271 g/mol. The van der Waals surface area contributed by atoms with E-state index in [9.17, 15) is 8.78 Å². The van der Waals surface area contributed by atoms with Crippen molar-refractivity contribution < 1.29 is 13.2 Å². The Balaban J connectivity index is 2.23. The van der Waals surface area contributed by atoms with Crippen molar-refractivity contribution in [3.63, 3.8) is 0 Å². The first-order valence-electron chi connectivity index (χ1n) is 5.38. The van der Waals surface area contributed by atoms with Crippen molar-refractivity contribution in [1.82, 2.24) is 9.97 Å². The third-order valence-corrected chi connectivity index (χ3v) is 2.89. The lowest BCUT2D eigenvalue weighted by Crippen LogP contribution is -2.06. The molecule has 0 bridgehead atoms. The molecule has 0 radical (unpaired) electrons. The summed E-state index contributed by atoms with van der Waals surface area (Å²) in [4.78, 5) is 7.73. The predicted octanol–water partition coefficient (Wildman–Crippen LogP) is 3.32. The van der Waals surface area contributed by atoms with Gasteiger partial charge in [-0.1, -0.05) is 6.92 Å². The van der Waals surface area contributed by atoms with Gasteiger partial charge in [0.2, 0.25) is 0 Å². The molecule has 2 aromatic heterocycles. The summed E-state index contributed by atoms with van der Waals surface area (Å²) in [5.74, 6) is -1.41. The largest absolute Gasteiger partial charge is 0.440 e. The minimum absolute atomic E-state index is 0.0254. The lowest BCUT2D eigenvalue weighted by molar-refractivity contribution is 0.452. The highest BCUT2D eigenvalue weighted by molar-refractivity contribution is 7.99. The van der Waals surface area contributed by atoms with Crippen molar-refractivity contribution in [1.29, 1.82) is 0 Å². The van der Waals surface area contributed by atoms with E-state index in [1.165, 1.54) is 12.5 Å². The summed E-state index contributed by atoms with van der Waals surface area (Å²) >= 11 is 0.907. The molecular formula is C11H11F2N3OS.